The van der Waals surface area contributed by atoms with Gasteiger partial charge in [0, 0.05) is 0 Å². The number of hydrogen-bond acceptors (Lipinski definition) is 1. The van der Waals surface area contributed by atoms with Gasteiger partial charge in [-0.1, -0.05) is 38.1 Å². The highest BCUT2D eigenvalue weighted by atomic mass is 28.2. The molecule has 0 aromatic heterocycles. The quantitative estimate of drug-likeness (QED) is 0.675. The highest BCUT2D eigenvalue weighted by Crippen LogP contribution is 2.26. The molecule has 0 N–H and O–H groups in total. The summed E-state index contributed by atoms with van der Waals surface area (Å²) in [6.07, 6.45) is 2.43. The minimum Gasteiger partial charge on any atom is -0.424 e. The van der Waals surface area contributed by atoms with Gasteiger partial charge in [-0.2, -0.15) is 0 Å². The fraction of sp³-hybridized carbons (Fsp3) is 0.500. The van der Waals surface area contributed by atoms with Crippen LogP contribution in [0.15, 0.2) is 24.3 Å². The van der Waals surface area contributed by atoms with Crippen molar-refractivity contribution in [3.63, 3.8) is 0 Å². The molecule has 2 heteroatoms. The Bertz CT molecular complexity index is 269. The first-order chi connectivity index (χ1) is 6.83. The van der Waals surface area contributed by atoms with E-state index < -0.39 is 0 Å². The van der Waals surface area contributed by atoms with Crippen LogP contribution in [0.3, 0.4) is 0 Å². The SMILES string of the molecule is CCC(CC)c1ccccc1CO[SiH3]. The van der Waals surface area contributed by atoms with E-state index in [1.54, 1.807) is 0 Å². The summed E-state index contributed by atoms with van der Waals surface area (Å²) in [7, 11) is 0.821. The third-order valence-electron chi connectivity index (χ3n) is 2.78. The molecule has 1 rings (SSSR count). The standard InChI is InChI=1S/C12H20OSi/c1-3-10(4-2)12-8-6-5-7-11(12)9-13-14/h5-8,10H,3-4,9H2,1-2,14H3. The van der Waals surface area contributed by atoms with Gasteiger partial charge in [-0.15, -0.1) is 0 Å². The third kappa shape index (κ3) is 2.69. The van der Waals surface area contributed by atoms with Crippen LogP contribution in [-0.2, 0) is 11.0 Å². The zero-order chi connectivity index (χ0) is 10.4. The normalized spacial score (nSPS) is 11.1. The molecule has 14 heavy (non-hydrogen) atoms. The van der Waals surface area contributed by atoms with E-state index in [4.69, 9.17) is 4.43 Å². The van der Waals surface area contributed by atoms with Gasteiger partial charge < -0.3 is 4.43 Å². The second-order valence-electron chi connectivity index (χ2n) is 3.65. The highest BCUT2D eigenvalue weighted by molar-refractivity contribution is 5.97. The van der Waals surface area contributed by atoms with Crippen LogP contribution in [0.1, 0.15) is 43.7 Å². The highest BCUT2D eigenvalue weighted by Gasteiger charge is 2.10. The van der Waals surface area contributed by atoms with Gasteiger partial charge in [0.25, 0.3) is 0 Å². The van der Waals surface area contributed by atoms with E-state index >= 15 is 0 Å². The van der Waals surface area contributed by atoms with Gasteiger partial charge >= 0.3 is 0 Å². The first-order valence-electron chi connectivity index (χ1n) is 5.40. The average molecular weight is 208 g/mol. The summed E-state index contributed by atoms with van der Waals surface area (Å²) in [4.78, 5) is 0. The van der Waals surface area contributed by atoms with Crippen molar-refractivity contribution in [1.29, 1.82) is 0 Å². The maximum Gasteiger partial charge on any atom is 0.146 e. The molecule has 1 nitrogen and oxygen atoms in total. The molecule has 0 aliphatic rings. The molecule has 0 atom stereocenters. The summed E-state index contributed by atoms with van der Waals surface area (Å²) in [5.41, 5.74) is 2.85. The lowest BCUT2D eigenvalue weighted by Gasteiger charge is -2.17. The molecule has 0 saturated carbocycles. The topological polar surface area (TPSA) is 9.23 Å². The van der Waals surface area contributed by atoms with Crippen molar-refractivity contribution >= 4 is 10.5 Å². The van der Waals surface area contributed by atoms with Crippen LogP contribution in [-0.4, -0.2) is 10.5 Å². The number of rotatable bonds is 5. The van der Waals surface area contributed by atoms with Gasteiger partial charge in [-0.3, -0.25) is 0 Å². The molecule has 0 radical (unpaired) electrons. The van der Waals surface area contributed by atoms with Crippen LogP contribution in [0.4, 0.5) is 0 Å². The summed E-state index contributed by atoms with van der Waals surface area (Å²) in [5.74, 6) is 0.697. The molecule has 78 valence electrons. The van der Waals surface area contributed by atoms with E-state index in [0.29, 0.717) is 5.92 Å². The predicted octanol–water partition coefficient (Wildman–Crippen LogP) is 2.39. The van der Waals surface area contributed by atoms with Crippen molar-refractivity contribution in [3.8, 4) is 0 Å². The number of hydrogen-bond donors (Lipinski definition) is 0. The average Bonchev–Trinajstić information content (AvgIpc) is 2.23. The molecule has 0 saturated heterocycles. The van der Waals surface area contributed by atoms with Gasteiger partial charge in [0.1, 0.15) is 10.5 Å². The smallest absolute Gasteiger partial charge is 0.146 e. The first-order valence-corrected chi connectivity index (χ1v) is 6.21. The van der Waals surface area contributed by atoms with E-state index in [1.807, 2.05) is 0 Å². The Morgan fingerprint density at radius 3 is 2.43 bits per heavy atom. The molecule has 1 aromatic carbocycles. The van der Waals surface area contributed by atoms with Crippen molar-refractivity contribution in [2.75, 3.05) is 0 Å². The van der Waals surface area contributed by atoms with Gasteiger partial charge in [0.2, 0.25) is 0 Å². The monoisotopic (exact) mass is 208 g/mol. The number of benzene rings is 1. The molecule has 1 aromatic rings. The van der Waals surface area contributed by atoms with Crippen molar-refractivity contribution in [3.05, 3.63) is 35.4 Å². The maximum absolute atomic E-state index is 5.35. The first kappa shape index (κ1) is 11.5. The Morgan fingerprint density at radius 2 is 1.86 bits per heavy atom. The minimum atomic E-state index is 0.697. The fourth-order valence-corrected chi connectivity index (χ4v) is 2.26. The molecule has 0 unspecified atom stereocenters. The summed E-state index contributed by atoms with van der Waals surface area (Å²) in [6.45, 7) is 5.30. The Kier molecular flexibility index (Phi) is 4.91. The van der Waals surface area contributed by atoms with Crippen LogP contribution in [0.2, 0.25) is 0 Å². The van der Waals surface area contributed by atoms with Crippen LogP contribution >= 0.6 is 0 Å². The molecule has 0 amide bonds. The van der Waals surface area contributed by atoms with E-state index in [2.05, 4.69) is 38.1 Å². The predicted molar refractivity (Wildman–Crippen MR) is 64.5 cm³/mol. The Labute approximate surface area is 90.0 Å². The lowest BCUT2D eigenvalue weighted by Crippen LogP contribution is -2.02. The Hall–Kier alpha value is -0.603. The van der Waals surface area contributed by atoms with E-state index in [-0.39, 0.29) is 0 Å². The van der Waals surface area contributed by atoms with Crippen LogP contribution in [0, 0.1) is 0 Å². The molecule has 0 heterocycles. The molecule has 0 fully saturated rings. The Balaban J connectivity index is 2.92. The second kappa shape index (κ2) is 5.99. The maximum atomic E-state index is 5.35. The fourth-order valence-electron chi connectivity index (χ4n) is 1.95. The zero-order valence-corrected chi connectivity index (χ0v) is 11.4. The molecule has 0 aliphatic carbocycles. The van der Waals surface area contributed by atoms with Crippen molar-refractivity contribution in [2.24, 2.45) is 0 Å². The third-order valence-corrected chi connectivity index (χ3v) is 3.07. The van der Waals surface area contributed by atoms with Crippen LogP contribution in [0.25, 0.3) is 0 Å². The largest absolute Gasteiger partial charge is 0.424 e. The van der Waals surface area contributed by atoms with Gasteiger partial charge in [0.05, 0.1) is 6.61 Å². The zero-order valence-electron chi connectivity index (χ0n) is 9.42. The van der Waals surface area contributed by atoms with E-state index in [1.165, 1.54) is 24.0 Å². The van der Waals surface area contributed by atoms with Gasteiger partial charge in [0.15, 0.2) is 0 Å². The molecule has 0 aliphatic heterocycles. The van der Waals surface area contributed by atoms with Crippen molar-refractivity contribution < 1.29 is 4.43 Å². The second-order valence-corrected chi connectivity index (χ2v) is 4.22. The summed E-state index contributed by atoms with van der Waals surface area (Å²) in [5, 5.41) is 0. The van der Waals surface area contributed by atoms with Crippen LogP contribution in [0.5, 0.6) is 0 Å². The Morgan fingerprint density at radius 1 is 1.21 bits per heavy atom. The minimum absolute atomic E-state index is 0.697. The van der Waals surface area contributed by atoms with Crippen molar-refractivity contribution in [1.82, 2.24) is 0 Å². The molecular weight excluding hydrogens is 188 g/mol. The summed E-state index contributed by atoms with van der Waals surface area (Å²) in [6, 6.07) is 8.66. The van der Waals surface area contributed by atoms with Crippen molar-refractivity contribution in [2.45, 2.75) is 39.2 Å². The molecule has 0 bridgehead atoms. The van der Waals surface area contributed by atoms with Gasteiger partial charge in [-0.25, -0.2) is 0 Å². The lowest BCUT2D eigenvalue weighted by molar-refractivity contribution is 0.335. The lowest BCUT2D eigenvalue weighted by atomic mass is 9.90. The van der Waals surface area contributed by atoms with E-state index in [0.717, 1.165) is 17.1 Å². The molecular formula is C12H20OSi. The summed E-state index contributed by atoms with van der Waals surface area (Å²) < 4.78 is 5.35. The molecule has 0 spiro atoms. The van der Waals surface area contributed by atoms with E-state index in [9.17, 15) is 0 Å². The van der Waals surface area contributed by atoms with Gasteiger partial charge in [-0.05, 0) is 29.9 Å². The van der Waals surface area contributed by atoms with Crippen LogP contribution < -0.4 is 0 Å². The summed E-state index contributed by atoms with van der Waals surface area (Å²) >= 11 is 0.